The topological polar surface area (TPSA) is 58.4 Å². The largest absolute Gasteiger partial charge is 0.351 e. The fourth-order valence-corrected chi connectivity index (χ4v) is 1.23. The minimum Gasteiger partial charge on any atom is -0.351 e. The van der Waals surface area contributed by atoms with E-state index in [1.165, 1.54) is 0 Å². The molecular weight excluding hydrogens is 178 g/mol. The summed E-state index contributed by atoms with van der Waals surface area (Å²) < 4.78 is 0. The van der Waals surface area contributed by atoms with Crippen LogP contribution >= 0.6 is 0 Å². The average Bonchev–Trinajstić information content (AvgIpc) is 2.02. The summed E-state index contributed by atoms with van der Waals surface area (Å²) in [7, 11) is 3.93. The lowest BCUT2D eigenvalue weighted by molar-refractivity contribution is -0.122. The fourth-order valence-electron chi connectivity index (χ4n) is 1.23. The van der Waals surface area contributed by atoms with Crippen LogP contribution in [0.2, 0.25) is 0 Å². The monoisotopic (exact) mass is 199 g/mol. The molecule has 0 aliphatic carbocycles. The predicted octanol–water partition coefficient (Wildman–Crippen LogP) is -0.0439. The SMILES string of the molecule is C=CCC(N)C(=O)NC(C)CN(C)C. The molecule has 0 aliphatic rings. The zero-order valence-corrected chi connectivity index (χ0v) is 9.29. The Kier molecular flexibility index (Phi) is 6.16. The predicted molar refractivity (Wildman–Crippen MR) is 58.9 cm³/mol. The van der Waals surface area contributed by atoms with Crippen molar-refractivity contribution >= 4 is 5.91 Å². The summed E-state index contributed by atoms with van der Waals surface area (Å²) in [4.78, 5) is 13.4. The van der Waals surface area contributed by atoms with E-state index >= 15 is 0 Å². The van der Waals surface area contributed by atoms with E-state index in [1.54, 1.807) is 6.08 Å². The van der Waals surface area contributed by atoms with Crippen LogP contribution < -0.4 is 11.1 Å². The highest BCUT2D eigenvalue weighted by Gasteiger charge is 2.14. The maximum atomic E-state index is 11.4. The molecule has 0 aromatic carbocycles. The summed E-state index contributed by atoms with van der Waals surface area (Å²) in [5.74, 6) is -0.112. The molecule has 0 spiro atoms. The number of nitrogens with zero attached hydrogens (tertiary/aromatic N) is 1. The quantitative estimate of drug-likeness (QED) is 0.590. The van der Waals surface area contributed by atoms with Crippen LogP contribution in [0.5, 0.6) is 0 Å². The van der Waals surface area contributed by atoms with Crippen LogP contribution in [0, 0.1) is 0 Å². The highest BCUT2D eigenvalue weighted by Crippen LogP contribution is 1.91. The molecule has 0 aliphatic heterocycles. The Morgan fingerprint density at radius 1 is 1.64 bits per heavy atom. The Bertz CT molecular complexity index is 192. The summed E-state index contributed by atoms with van der Waals surface area (Å²) in [6, 6.07) is -0.356. The summed E-state index contributed by atoms with van der Waals surface area (Å²) in [5.41, 5.74) is 5.61. The second-order valence-electron chi connectivity index (χ2n) is 3.80. The molecule has 0 bridgehead atoms. The molecular formula is C10H21N3O. The van der Waals surface area contributed by atoms with Crippen molar-refractivity contribution in [1.82, 2.24) is 10.2 Å². The molecule has 0 radical (unpaired) electrons. The van der Waals surface area contributed by atoms with Gasteiger partial charge in [0, 0.05) is 12.6 Å². The molecule has 1 amide bonds. The normalized spacial score (nSPS) is 14.9. The van der Waals surface area contributed by atoms with Crippen molar-refractivity contribution in [1.29, 1.82) is 0 Å². The first kappa shape index (κ1) is 13.1. The molecule has 4 heteroatoms. The first-order chi connectivity index (χ1) is 6.47. The molecule has 0 saturated carbocycles. The number of hydrogen-bond acceptors (Lipinski definition) is 3. The summed E-state index contributed by atoms with van der Waals surface area (Å²) in [5, 5.41) is 2.84. The Hall–Kier alpha value is -0.870. The highest BCUT2D eigenvalue weighted by molar-refractivity contribution is 5.81. The Balaban J connectivity index is 3.86. The molecule has 0 aromatic heterocycles. The number of carbonyl (C=O) groups excluding carboxylic acids is 1. The van der Waals surface area contributed by atoms with Crippen LogP contribution in [0.15, 0.2) is 12.7 Å². The van der Waals surface area contributed by atoms with E-state index in [4.69, 9.17) is 5.73 Å². The third kappa shape index (κ3) is 5.72. The van der Waals surface area contributed by atoms with E-state index in [1.807, 2.05) is 25.9 Å². The van der Waals surface area contributed by atoms with E-state index in [2.05, 4.69) is 11.9 Å². The average molecular weight is 199 g/mol. The van der Waals surface area contributed by atoms with Crippen molar-refractivity contribution in [2.45, 2.75) is 25.4 Å². The molecule has 2 unspecified atom stereocenters. The van der Waals surface area contributed by atoms with Crippen LogP contribution in [0.25, 0.3) is 0 Å². The third-order valence-corrected chi connectivity index (χ3v) is 1.79. The van der Waals surface area contributed by atoms with Gasteiger partial charge in [-0.3, -0.25) is 4.79 Å². The van der Waals surface area contributed by atoms with E-state index < -0.39 is 6.04 Å². The molecule has 0 aromatic rings. The van der Waals surface area contributed by atoms with Crippen molar-refractivity contribution in [3.63, 3.8) is 0 Å². The standard InChI is InChI=1S/C10H21N3O/c1-5-6-9(11)10(14)12-8(2)7-13(3)4/h5,8-9H,1,6-7,11H2,2-4H3,(H,12,14). The van der Waals surface area contributed by atoms with E-state index in [9.17, 15) is 4.79 Å². The number of likely N-dealkylation sites (N-methyl/N-ethyl adjacent to an activating group) is 1. The molecule has 3 N–H and O–H groups in total. The number of rotatable bonds is 6. The summed E-state index contributed by atoms with van der Waals surface area (Å²) in [6.45, 7) is 6.31. The summed E-state index contributed by atoms with van der Waals surface area (Å²) in [6.07, 6.45) is 2.17. The van der Waals surface area contributed by atoms with Gasteiger partial charge in [0.05, 0.1) is 6.04 Å². The molecule has 2 atom stereocenters. The molecule has 82 valence electrons. The van der Waals surface area contributed by atoms with Gasteiger partial charge in [0.15, 0.2) is 0 Å². The molecule has 14 heavy (non-hydrogen) atoms. The Morgan fingerprint density at radius 2 is 2.21 bits per heavy atom. The summed E-state index contributed by atoms with van der Waals surface area (Å²) >= 11 is 0. The fraction of sp³-hybridized carbons (Fsp3) is 0.700. The van der Waals surface area contributed by atoms with Crippen molar-refractivity contribution < 1.29 is 4.79 Å². The number of carbonyl (C=O) groups is 1. The van der Waals surface area contributed by atoms with Crippen LogP contribution in [-0.2, 0) is 4.79 Å². The number of amides is 1. The van der Waals surface area contributed by atoms with Crippen molar-refractivity contribution in [3.05, 3.63) is 12.7 Å². The molecule has 4 nitrogen and oxygen atoms in total. The van der Waals surface area contributed by atoms with Gasteiger partial charge in [-0.2, -0.15) is 0 Å². The van der Waals surface area contributed by atoms with Crippen molar-refractivity contribution in [2.75, 3.05) is 20.6 Å². The van der Waals surface area contributed by atoms with Crippen molar-refractivity contribution in [3.8, 4) is 0 Å². The first-order valence-electron chi connectivity index (χ1n) is 4.79. The number of nitrogens with two attached hydrogens (primary N) is 1. The van der Waals surface area contributed by atoms with Crippen LogP contribution in [0.3, 0.4) is 0 Å². The van der Waals surface area contributed by atoms with Gasteiger partial charge in [0.25, 0.3) is 0 Å². The van der Waals surface area contributed by atoms with Gasteiger partial charge in [0.1, 0.15) is 0 Å². The van der Waals surface area contributed by atoms with Crippen LogP contribution in [-0.4, -0.2) is 43.5 Å². The zero-order valence-electron chi connectivity index (χ0n) is 9.29. The van der Waals surface area contributed by atoms with Gasteiger partial charge in [-0.15, -0.1) is 6.58 Å². The highest BCUT2D eigenvalue weighted by atomic mass is 16.2. The molecule has 0 rings (SSSR count). The second kappa shape index (κ2) is 6.56. The lowest BCUT2D eigenvalue weighted by Gasteiger charge is -2.20. The van der Waals surface area contributed by atoms with Crippen LogP contribution in [0.4, 0.5) is 0 Å². The first-order valence-corrected chi connectivity index (χ1v) is 4.79. The van der Waals surface area contributed by atoms with E-state index in [-0.39, 0.29) is 11.9 Å². The van der Waals surface area contributed by atoms with Gasteiger partial charge in [-0.05, 0) is 27.4 Å². The lowest BCUT2D eigenvalue weighted by atomic mass is 10.2. The Labute approximate surface area is 86.1 Å². The third-order valence-electron chi connectivity index (χ3n) is 1.79. The lowest BCUT2D eigenvalue weighted by Crippen LogP contribution is -2.47. The van der Waals surface area contributed by atoms with Crippen molar-refractivity contribution in [2.24, 2.45) is 5.73 Å². The Morgan fingerprint density at radius 3 is 2.64 bits per heavy atom. The van der Waals surface area contributed by atoms with Gasteiger partial charge >= 0.3 is 0 Å². The maximum Gasteiger partial charge on any atom is 0.237 e. The van der Waals surface area contributed by atoms with Crippen LogP contribution in [0.1, 0.15) is 13.3 Å². The maximum absolute atomic E-state index is 11.4. The van der Waals surface area contributed by atoms with Gasteiger partial charge in [0.2, 0.25) is 5.91 Å². The van der Waals surface area contributed by atoms with Gasteiger partial charge in [-0.25, -0.2) is 0 Å². The minimum absolute atomic E-state index is 0.112. The minimum atomic E-state index is -0.475. The second-order valence-corrected chi connectivity index (χ2v) is 3.80. The molecule has 0 saturated heterocycles. The number of nitrogens with one attached hydrogen (secondary N) is 1. The number of hydrogen-bond donors (Lipinski definition) is 2. The van der Waals surface area contributed by atoms with E-state index in [0.29, 0.717) is 6.42 Å². The smallest absolute Gasteiger partial charge is 0.237 e. The zero-order chi connectivity index (χ0) is 11.1. The van der Waals surface area contributed by atoms with Gasteiger partial charge < -0.3 is 16.0 Å². The molecule has 0 fully saturated rings. The molecule has 0 heterocycles. The van der Waals surface area contributed by atoms with Gasteiger partial charge in [-0.1, -0.05) is 6.08 Å². The van der Waals surface area contributed by atoms with E-state index in [0.717, 1.165) is 6.54 Å².